The molecule has 3 rings (SSSR count). The van der Waals surface area contributed by atoms with Gasteiger partial charge in [-0.05, 0) is 49.2 Å². The summed E-state index contributed by atoms with van der Waals surface area (Å²) >= 11 is 0. The zero-order valence-corrected chi connectivity index (χ0v) is 15.0. The second-order valence-corrected chi connectivity index (χ2v) is 6.18. The first-order valence-corrected chi connectivity index (χ1v) is 8.75. The first kappa shape index (κ1) is 17.7. The largest absolute Gasteiger partial charge is 0.457 e. The second-order valence-electron chi connectivity index (χ2n) is 6.18. The number of aromatic nitrogens is 1. The fourth-order valence-electron chi connectivity index (χ4n) is 2.47. The average Bonchev–Trinajstić information content (AvgIpc) is 2.69. The topological polar surface area (TPSA) is 51.2 Å². The Bertz CT molecular complexity index is 861. The molecular weight excluding hydrogens is 324 g/mol. The number of hydrogen-bond acceptors (Lipinski definition) is 3. The summed E-state index contributed by atoms with van der Waals surface area (Å²) in [4.78, 5) is 16.5. The van der Waals surface area contributed by atoms with E-state index in [1.165, 1.54) is 0 Å². The molecule has 1 heterocycles. The van der Waals surface area contributed by atoms with Gasteiger partial charge in [-0.3, -0.25) is 9.78 Å². The number of ether oxygens (including phenoxy) is 1. The van der Waals surface area contributed by atoms with Crippen molar-refractivity contribution in [3.05, 3.63) is 78.6 Å². The van der Waals surface area contributed by atoms with Crippen LogP contribution in [0.1, 0.15) is 30.6 Å². The third-order valence-electron chi connectivity index (χ3n) is 4.16. The molecular formula is C22H22N2O2. The molecule has 0 fully saturated rings. The Morgan fingerprint density at radius 1 is 1.00 bits per heavy atom. The SMILES string of the molecule is CC[C@@H](C)NC(=O)c1cncc(-c2ccc(Oc3ccccc3)cc2)c1. The van der Waals surface area contributed by atoms with Gasteiger partial charge in [0.25, 0.3) is 5.91 Å². The van der Waals surface area contributed by atoms with Crippen molar-refractivity contribution in [1.29, 1.82) is 0 Å². The van der Waals surface area contributed by atoms with Crippen LogP contribution in [0.25, 0.3) is 11.1 Å². The summed E-state index contributed by atoms with van der Waals surface area (Å²) in [5.74, 6) is 1.46. The van der Waals surface area contributed by atoms with Crippen LogP contribution >= 0.6 is 0 Å². The fourth-order valence-corrected chi connectivity index (χ4v) is 2.47. The molecule has 0 radical (unpaired) electrons. The van der Waals surface area contributed by atoms with Crippen molar-refractivity contribution in [2.45, 2.75) is 26.3 Å². The van der Waals surface area contributed by atoms with E-state index in [0.29, 0.717) is 5.56 Å². The molecule has 0 bridgehead atoms. The van der Waals surface area contributed by atoms with Gasteiger partial charge >= 0.3 is 0 Å². The Labute approximate surface area is 153 Å². The lowest BCUT2D eigenvalue weighted by Crippen LogP contribution is -2.31. The molecule has 0 unspecified atom stereocenters. The molecule has 0 aliphatic heterocycles. The first-order valence-electron chi connectivity index (χ1n) is 8.75. The van der Waals surface area contributed by atoms with E-state index in [0.717, 1.165) is 29.0 Å². The van der Waals surface area contributed by atoms with Gasteiger partial charge in [-0.1, -0.05) is 37.3 Å². The van der Waals surface area contributed by atoms with E-state index in [2.05, 4.69) is 10.3 Å². The van der Waals surface area contributed by atoms with E-state index >= 15 is 0 Å². The molecule has 0 saturated heterocycles. The number of carbonyl (C=O) groups excluding carboxylic acids is 1. The van der Waals surface area contributed by atoms with E-state index in [1.807, 2.05) is 74.5 Å². The second kappa shape index (κ2) is 8.30. The number of amides is 1. The standard InChI is InChI=1S/C22H22N2O2/c1-3-16(2)24-22(25)19-13-18(14-23-15-19)17-9-11-21(12-10-17)26-20-7-5-4-6-8-20/h4-16H,3H2,1-2H3,(H,24,25)/t16-/m1/s1. The van der Waals surface area contributed by atoms with Crippen LogP contribution in [0.4, 0.5) is 0 Å². The molecule has 3 aromatic rings. The molecule has 132 valence electrons. The summed E-state index contributed by atoms with van der Waals surface area (Å²) in [7, 11) is 0. The van der Waals surface area contributed by atoms with Crippen LogP contribution in [0, 0.1) is 0 Å². The molecule has 1 atom stereocenters. The number of nitrogens with one attached hydrogen (secondary N) is 1. The van der Waals surface area contributed by atoms with Crippen LogP contribution in [-0.2, 0) is 0 Å². The Hall–Kier alpha value is -3.14. The molecule has 1 amide bonds. The summed E-state index contributed by atoms with van der Waals surface area (Å²) in [6.45, 7) is 4.03. The van der Waals surface area contributed by atoms with Gasteiger partial charge in [-0.25, -0.2) is 0 Å². The quantitative estimate of drug-likeness (QED) is 0.678. The number of rotatable bonds is 6. The number of carbonyl (C=O) groups is 1. The van der Waals surface area contributed by atoms with Crippen LogP contribution in [-0.4, -0.2) is 16.9 Å². The molecule has 4 nitrogen and oxygen atoms in total. The van der Waals surface area contributed by atoms with Crippen molar-refractivity contribution in [2.24, 2.45) is 0 Å². The molecule has 0 spiro atoms. The molecule has 0 saturated carbocycles. The van der Waals surface area contributed by atoms with Crippen LogP contribution < -0.4 is 10.1 Å². The van der Waals surface area contributed by atoms with E-state index in [1.54, 1.807) is 12.4 Å². The lowest BCUT2D eigenvalue weighted by atomic mass is 10.1. The highest BCUT2D eigenvalue weighted by molar-refractivity contribution is 5.95. The maximum absolute atomic E-state index is 12.3. The summed E-state index contributed by atoms with van der Waals surface area (Å²) in [6.07, 6.45) is 4.24. The molecule has 0 aliphatic carbocycles. The van der Waals surface area contributed by atoms with E-state index < -0.39 is 0 Å². The molecule has 26 heavy (non-hydrogen) atoms. The van der Waals surface area contributed by atoms with Gasteiger partial charge in [0.15, 0.2) is 0 Å². The van der Waals surface area contributed by atoms with Crippen LogP contribution in [0.2, 0.25) is 0 Å². The Morgan fingerprint density at radius 3 is 2.38 bits per heavy atom. The molecule has 1 aromatic heterocycles. The molecule has 4 heteroatoms. The van der Waals surface area contributed by atoms with E-state index in [4.69, 9.17) is 4.74 Å². The Morgan fingerprint density at radius 2 is 1.69 bits per heavy atom. The number of hydrogen-bond donors (Lipinski definition) is 1. The minimum absolute atomic E-state index is 0.0993. The van der Waals surface area contributed by atoms with Gasteiger partial charge < -0.3 is 10.1 Å². The maximum Gasteiger partial charge on any atom is 0.253 e. The van der Waals surface area contributed by atoms with E-state index in [-0.39, 0.29) is 11.9 Å². The smallest absolute Gasteiger partial charge is 0.253 e. The lowest BCUT2D eigenvalue weighted by molar-refractivity contribution is 0.0939. The highest BCUT2D eigenvalue weighted by Crippen LogP contribution is 2.25. The minimum atomic E-state index is -0.0993. The zero-order chi connectivity index (χ0) is 18.4. The van der Waals surface area contributed by atoms with E-state index in [9.17, 15) is 4.79 Å². The van der Waals surface area contributed by atoms with Gasteiger partial charge in [-0.15, -0.1) is 0 Å². The molecule has 2 aromatic carbocycles. The lowest BCUT2D eigenvalue weighted by Gasteiger charge is -2.12. The zero-order valence-electron chi connectivity index (χ0n) is 15.0. The fraction of sp³-hybridized carbons (Fsp3) is 0.182. The maximum atomic E-state index is 12.3. The van der Waals surface area contributed by atoms with Gasteiger partial charge in [0.05, 0.1) is 5.56 Å². The van der Waals surface area contributed by atoms with Crippen LogP contribution in [0.15, 0.2) is 73.1 Å². The number of para-hydroxylation sites is 1. The van der Waals surface area contributed by atoms with Crippen molar-refractivity contribution in [2.75, 3.05) is 0 Å². The third kappa shape index (κ3) is 4.48. The van der Waals surface area contributed by atoms with Crippen molar-refractivity contribution in [3.8, 4) is 22.6 Å². The van der Waals surface area contributed by atoms with Gasteiger partial charge in [-0.2, -0.15) is 0 Å². The highest BCUT2D eigenvalue weighted by Gasteiger charge is 2.10. The summed E-state index contributed by atoms with van der Waals surface area (Å²) in [5.41, 5.74) is 2.44. The average molecular weight is 346 g/mol. The minimum Gasteiger partial charge on any atom is -0.457 e. The number of pyridine rings is 1. The van der Waals surface area contributed by atoms with Crippen LogP contribution in [0.3, 0.4) is 0 Å². The van der Waals surface area contributed by atoms with Crippen LogP contribution in [0.5, 0.6) is 11.5 Å². The Kier molecular flexibility index (Phi) is 5.64. The summed E-state index contributed by atoms with van der Waals surface area (Å²) < 4.78 is 5.81. The van der Waals surface area contributed by atoms with Crippen molar-refractivity contribution in [1.82, 2.24) is 10.3 Å². The van der Waals surface area contributed by atoms with Crippen molar-refractivity contribution >= 4 is 5.91 Å². The summed E-state index contributed by atoms with van der Waals surface area (Å²) in [5, 5.41) is 2.96. The number of nitrogens with zero attached hydrogens (tertiary/aromatic N) is 1. The third-order valence-corrected chi connectivity index (χ3v) is 4.16. The predicted molar refractivity (Wildman–Crippen MR) is 103 cm³/mol. The van der Waals surface area contributed by atoms with Crippen molar-refractivity contribution in [3.63, 3.8) is 0 Å². The van der Waals surface area contributed by atoms with Gasteiger partial charge in [0.2, 0.25) is 0 Å². The molecule has 1 N–H and O–H groups in total. The monoisotopic (exact) mass is 346 g/mol. The first-order chi connectivity index (χ1) is 12.7. The van der Waals surface area contributed by atoms with Crippen molar-refractivity contribution < 1.29 is 9.53 Å². The van der Waals surface area contributed by atoms with Gasteiger partial charge in [0.1, 0.15) is 11.5 Å². The number of benzene rings is 2. The van der Waals surface area contributed by atoms with Gasteiger partial charge in [0, 0.05) is 24.0 Å². The Balaban J connectivity index is 1.75. The predicted octanol–water partition coefficient (Wildman–Crippen LogP) is 5.07. The normalized spacial score (nSPS) is 11.6. The molecule has 0 aliphatic rings. The highest BCUT2D eigenvalue weighted by atomic mass is 16.5. The summed E-state index contributed by atoms with van der Waals surface area (Å²) in [6, 6.07) is 19.4.